The molecule has 1 aromatic rings. The Bertz CT molecular complexity index is 745. The summed E-state index contributed by atoms with van der Waals surface area (Å²) < 4.78 is 11.8. The number of carbonyl (C=O) groups excluding carboxylic acids is 1. The minimum atomic E-state index is -0.478. The van der Waals surface area contributed by atoms with E-state index in [9.17, 15) is 4.79 Å². The van der Waals surface area contributed by atoms with Gasteiger partial charge in [0.25, 0.3) is 5.91 Å². The van der Waals surface area contributed by atoms with E-state index in [0.29, 0.717) is 58.0 Å². The second-order valence-corrected chi connectivity index (χ2v) is 8.92. The molecule has 0 aromatic heterocycles. The smallest absolute Gasteiger partial charge is 0.255 e. The molecule has 0 saturated carbocycles. The number of hydrogen-bond acceptors (Lipinski definition) is 9. The van der Waals surface area contributed by atoms with Gasteiger partial charge in [-0.1, -0.05) is 25.1 Å². The van der Waals surface area contributed by atoms with E-state index in [1.807, 2.05) is 25.1 Å². The molecule has 10 heteroatoms. The minimum absolute atomic E-state index is 0.241. The van der Waals surface area contributed by atoms with Crippen LogP contribution in [-0.2, 0) is 22.7 Å². The average Bonchev–Trinajstić information content (AvgIpc) is 2.89. The number of hydrogen-bond donors (Lipinski definition) is 7. The summed E-state index contributed by atoms with van der Waals surface area (Å²) >= 11 is 0. The zero-order chi connectivity index (χ0) is 26.2. The Morgan fingerprint density at radius 3 is 1.66 bits per heavy atom. The van der Waals surface area contributed by atoms with Gasteiger partial charge in [0.05, 0.1) is 26.4 Å². The number of allylic oxidation sites excluding steroid dienone is 3. The lowest BCUT2D eigenvalue weighted by molar-refractivity contribution is 0.0431. The number of ether oxygens (including phenoxy) is 2. The van der Waals surface area contributed by atoms with E-state index in [2.05, 4.69) is 5.32 Å². The molecule has 0 fully saturated rings. The number of carbonyl (C=O) groups is 1. The van der Waals surface area contributed by atoms with Gasteiger partial charge in [-0.2, -0.15) is 0 Å². The van der Waals surface area contributed by atoms with E-state index < -0.39 is 10.8 Å². The lowest BCUT2D eigenvalue weighted by Gasteiger charge is -2.29. The van der Waals surface area contributed by atoms with Crippen molar-refractivity contribution in [1.29, 1.82) is 0 Å². The van der Waals surface area contributed by atoms with Gasteiger partial charge in [-0.3, -0.25) is 4.79 Å². The molecule has 0 atom stereocenters. The second-order valence-electron chi connectivity index (χ2n) is 8.92. The van der Waals surface area contributed by atoms with Gasteiger partial charge in [-0.25, -0.2) is 0 Å². The lowest BCUT2D eigenvalue weighted by Crippen LogP contribution is -2.47. The molecule has 0 unspecified atom stereocenters. The molecule has 1 rings (SSSR count). The average molecular weight is 492 g/mol. The quantitative estimate of drug-likeness (QED) is 0.134. The highest BCUT2D eigenvalue weighted by atomic mass is 16.5. The molecule has 0 aliphatic rings. The van der Waals surface area contributed by atoms with Crippen molar-refractivity contribution in [2.75, 3.05) is 52.5 Å². The van der Waals surface area contributed by atoms with Crippen molar-refractivity contribution in [3.8, 4) is 0 Å². The number of nitrogens with two attached hydrogens (primary N) is 6. The second kappa shape index (κ2) is 16.5. The molecule has 0 radical (unpaired) electrons. The van der Waals surface area contributed by atoms with Crippen LogP contribution < -0.4 is 39.7 Å². The van der Waals surface area contributed by atoms with Crippen LogP contribution in [0.5, 0.6) is 0 Å². The van der Waals surface area contributed by atoms with E-state index in [-0.39, 0.29) is 19.1 Å². The summed E-state index contributed by atoms with van der Waals surface area (Å²) in [5.41, 5.74) is 36.3. The van der Waals surface area contributed by atoms with Gasteiger partial charge in [0, 0.05) is 61.9 Å². The van der Waals surface area contributed by atoms with E-state index in [1.54, 1.807) is 24.4 Å². The molecule has 0 aliphatic carbocycles. The largest absolute Gasteiger partial charge is 0.376 e. The van der Waals surface area contributed by atoms with Gasteiger partial charge in [0.2, 0.25) is 0 Å². The van der Waals surface area contributed by atoms with Crippen LogP contribution in [0.4, 0.5) is 0 Å². The highest BCUT2D eigenvalue weighted by molar-refractivity contribution is 5.95. The van der Waals surface area contributed by atoms with Gasteiger partial charge in [-0.15, -0.1) is 0 Å². The van der Waals surface area contributed by atoms with Crippen LogP contribution in [0.25, 0.3) is 0 Å². The van der Waals surface area contributed by atoms with Crippen LogP contribution in [0.3, 0.4) is 0 Å². The molecule has 0 spiro atoms. The summed E-state index contributed by atoms with van der Waals surface area (Å²) in [4.78, 5) is 12.8. The summed E-state index contributed by atoms with van der Waals surface area (Å²) in [6.07, 6.45) is 8.16. The molecule has 10 nitrogen and oxygen atoms in total. The summed E-state index contributed by atoms with van der Waals surface area (Å²) in [6, 6.07) is 5.50. The van der Waals surface area contributed by atoms with Crippen molar-refractivity contribution in [1.82, 2.24) is 5.32 Å². The predicted octanol–water partition coefficient (Wildman–Crippen LogP) is -0.345. The summed E-state index contributed by atoms with van der Waals surface area (Å²) in [6.45, 7) is 5.16. The first-order valence-corrected chi connectivity index (χ1v) is 12.0. The fourth-order valence-corrected chi connectivity index (χ4v) is 3.16. The highest BCUT2D eigenvalue weighted by Crippen LogP contribution is 2.18. The minimum Gasteiger partial charge on any atom is -0.376 e. The Labute approximate surface area is 209 Å². The van der Waals surface area contributed by atoms with Crippen LogP contribution in [0.1, 0.15) is 34.8 Å². The standard InChI is InChI=1S/C25H45N7O3/c1-2-3-4-5-6-32-23(33)22-8-20(10-34-18-24(12-26,13-27)14-28)7-21(9-22)11-35-19-25(15-29,16-30)17-31/h3-9H,2,10-19,26-31H2,1H3,(H,32,33). The molecule has 0 heterocycles. The molecule has 1 aromatic carbocycles. The molecular formula is C25H45N7O3. The Morgan fingerprint density at radius 1 is 0.800 bits per heavy atom. The third-order valence-electron chi connectivity index (χ3n) is 6.06. The predicted molar refractivity (Wildman–Crippen MR) is 141 cm³/mol. The molecule has 0 bridgehead atoms. The van der Waals surface area contributed by atoms with Crippen molar-refractivity contribution in [2.24, 2.45) is 45.2 Å². The lowest BCUT2D eigenvalue weighted by atomic mass is 9.89. The maximum atomic E-state index is 12.8. The monoisotopic (exact) mass is 491 g/mol. The zero-order valence-corrected chi connectivity index (χ0v) is 21.0. The summed E-state index contributed by atoms with van der Waals surface area (Å²) in [5.74, 6) is -0.241. The molecule has 1 amide bonds. The molecular weight excluding hydrogens is 446 g/mol. The van der Waals surface area contributed by atoms with Crippen molar-refractivity contribution in [3.63, 3.8) is 0 Å². The van der Waals surface area contributed by atoms with E-state index in [0.717, 1.165) is 17.5 Å². The maximum Gasteiger partial charge on any atom is 0.255 e. The van der Waals surface area contributed by atoms with Crippen molar-refractivity contribution in [2.45, 2.75) is 26.6 Å². The van der Waals surface area contributed by atoms with Crippen LogP contribution in [-0.4, -0.2) is 58.4 Å². The van der Waals surface area contributed by atoms with Crippen molar-refractivity contribution in [3.05, 3.63) is 59.3 Å². The first-order chi connectivity index (χ1) is 16.9. The SMILES string of the molecule is CCC=CC=CNC(=O)c1cc(COCC(CN)(CN)CN)cc(COCC(CN)(CN)CN)c1. The van der Waals surface area contributed by atoms with Crippen LogP contribution in [0.15, 0.2) is 42.6 Å². The van der Waals surface area contributed by atoms with E-state index in [4.69, 9.17) is 43.9 Å². The number of amides is 1. The topological polar surface area (TPSA) is 204 Å². The zero-order valence-electron chi connectivity index (χ0n) is 21.0. The third kappa shape index (κ3) is 10.2. The Kier molecular flexibility index (Phi) is 14.6. The van der Waals surface area contributed by atoms with Crippen LogP contribution in [0, 0.1) is 10.8 Å². The molecule has 13 N–H and O–H groups in total. The molecule has 0 aliphatic heterocycles. The summed E-state index contributed by atoms with van der Waals surface area (Å²) in [7, 11) is 0. The summed E-state index contributed by atoms with van der Waals surface area (Å²) in [5, 5.41) is 2.78. The maximum absolute atomic E-state index is 12.8. The van der Waals surface area contributed by atoms with E-state index >= 15 is 0 Å². The van der Waals surface area contributed by atoms with Crippen molar-refractivity contribution < 1.29 is 14.3 Å². The molecule has 198 valence electrons. The van der Waals surface area contributed by atoms with Gasteiger partial charge >= 0.3 is 0 Å². The molecule has 0 saturated heterocycles. The van der Waals surface area contributed by atoms with Gasteiger partial charge in [0.15, 0.2) is 0 Å². The normalized spacial score (nSPS) is 12.7. The van der Waals surface area contributed by atoms with Gasteiger partial charge in [-0.05, 0) is 35.8 Å². The number of rotatable bonds is 18. The third-order valence-corrected chi connectivity index (χ3v) is 6.06. The van der Waals surface area contributed by atoms with Crippen LogP contribution in [0.2, 0.25) is 0 Å². The number of nitrogens with one attached hydrogen (secondary N) is 1. The Morgan fingerprint density at radius 2 is 1.26 bits per heavy atom. The Balaban J connectivity index is 3.01. The number of benzene rings is 1. The molecule has 35 heavy (non-hydrogen) atoms. The first-order valence-electron chi connectivity index (χ1n) is 12.0. The fraction of sp³-hybridized carbons (Fsp3) is 0.560. The highest BCUT2D eigenvalue weighted by Gasteiger charge is 2.26. The fourth-order valence-electron chi connectivity index (χ4n) is 3.16. The van der Waals surface area contributed by atoms with Gasteiger partial charge in [0.1, 0.15) is 0 Å². The Hall–Kier alpha value is -2.15. The van der Waals surface area contributed by atoms with Gasteiger partial charge < -0.3 is 49.2 Å². The van der Waals surface area contributed by atoms with E-state index in [1.165, 1.54) is 0 Å². The van der Waals surface area contributed by atoms with Crippen LogP contribution >= 0.6 is 0 Å². The first kappa shape index (κ1) is 30.9. The van der Waals surface area contributed by atoms with Crippen molar-refractivity contribution >= 4 is 5.91 Å².